The molecule has 8 heteroatoms. The third-order valence-corrected chi connectivity index (χ3v) is 4.93. The van der Waals surface area contributed by atoms with E-state index in [-0.39, 0.29) is 28.2 Å². The Morgan fingerprint density at radius 3 is 2.82 bits per heavy atom. The minimum Gasteiger partial charge on any atom is -0.495 e. The molecular weight excluding hydrogens is 308 g/mol. The fraction of sp³-hybridized carbons (Fsp3) is 0.500. The molecule has 122 valence electrons. The lowest BCUT2D eigenvalue weighted by Gasteiger charge is -2.13. The van der Waals surface area contributed by atoms with Crippen LogP contribution in [0.15, 0.2) is 23.1 Å². The maximum absolute atomic E-state index is 12.1. The molecule has 1 aromatic carbocycles. The van der Waals surface area contributed by atoms with E-state index in [4.69, 9.17) is 9.47 Å². The average molecular weight is 328 g/mol. The van der Waals surface area contributed by atoms with Gasteiger partial charge in [-0.05, 0) is 38.1 Å². The summed E-state index contributed by atoms with van der Waals surface area (Å²) in [4.78, 5) is 12.1. The summed E-state index contributed by atoms with van der Waals surface area (Å²) in [5.74, 6) is -0.157. The number of sulfonamides is 1. The molecule has 0 radical (unpaired) electrons. The van der Waals surface area contributed by atoms with Crippen LogP contribution >= 0.6 is 0 Å². The van der Waals surface area contributed by atoms with Gasteiger partial charge in [0.25, 0.3) is 5.91 Å². The second-order valence-corrected chi connectivity index (χ2v) is 6.77. The summed E-state index contributed by atoms with van der Waals surface area (Å²) in [7, 11) is -1.03. The lowest BCUT2D eigenvalue weighted by molar-refractivity contribution is 0.0857. The van der Waals surface area contributed by atoms with Gasteiger partial charge in [-0.2, -0.15) is 0 Å². The number of ether oxygens (including phenoxy) is 2. The summed E-state index contributed by atoms with van der Waals surface area (Å²) >= 11 is 0. The van der Waals surface area contributed by atoms with E-state index < -0.39 is 10.0 Å². The Labute approximate surface area is 130 Å². The van der Waals surface area contributed by atoms with Crippen LogP contribution in [0.1, 0.15) is 23.2 Å². The molecule has 0 aliphatic carbocycles. The molecule has 0 unspecified atom stereocenters. The first-order valence-corrected chi connectivity index (χ1v) is 8.47. The van der Waals surface area contributed by atoms with Crippen molar-refractivity contribution in [1.82, 2.24) is 10.0 Å². The van der Waals surface area contributed by atoms with Crippen LogP contribution in [0.5, 0.6) is 5.75 Å². The van der Waals surface area contributed by atoms with E-state index in [1.807, 2.05) is 0 Å². The largest absolute Gasteiger partial charge is 0.495 e. The molecular formula is C14H20N2O5S. The Bertz CT molecular complexity index is 639. The van der Waals surface area contributed by atoms with E-state index in [0.717, 1.165) is 12.8 Å². The first kappa shape index (κ1) is 16.7. The van der Waals surface area contributed by atoms with Crippen LogP contribution in [-0.4, -0.2) is 47.7 Å². The van der Waals surface area contributed by atoms with Crippen molar-refractivity contribution in [3.8, 4) is 5.75 Å². The van der Waals surface area contributed by atoms with Gasteiger partial charge in [-0.25, -0.2) is 13.1 Å². The van der Waals surface area contributed by atoms with Crippen molar-refractivity contribution < 1.29 is 22.7 Å². The van der Waals surface area contributed by atoms with Crippen LogP contribution in [0.25, 0.3) is 0 Å². The number of amides is 1. The Morgan fingerprint density at radius 2 is 2.23 bits per heavy atom. The third kappa shape index (κ3) is 3.76. The van der Waals surface area contributed by atoms with Crippen molar-refractivity contribution in [2.45, 2.75) is 23.8 Å². The number of hydrogen-bond acceptors (Lipinski definition) is 5. The third-order valence-electron chi connectivity index (χ3n) is 3.50. The van der Waals surface area contributed by atoms with Crippen molar-refractivity contribution in [1.29, 1.82) is 0 Å². The molecule has 22 heavy (non-hydrogen) atoms. The summed E-state index contributed by atoms with van der Waals surface area (Å²) in [6.07, 6.45) is 1.94. The highest BCUT2D eigenvalue weighted by atomic mass is 32.2. The Balaban J connectivity index is 2.17. The van der Waals surface area contributed by atoms with Gasteiger partial charge in [-0.1, -0.05) is 0 Å². The fourth-order valence-corrected chi connectivity index (χ4v) is 3.17. The minimum atomic E-state index is -3.71. The van der Waals surface area contributed by atoms with Crippen molar-refractivity contribution in [2.75, 3.05) is 27.3 Å². The fourth-order valence-electron chi connectivity index (χ4n) is 2.25. The van der Waals surface area contributed by atoms with Crippen LogP contribution in [0.2, 0.25) is 0 Å². The van der Waals surface area contributed by atoms with Crippen molar-refractivity contribution in [3.63, 3.8) is 0 Å². The van der Waals surface area contributed by atoms with E-state index in [2.05, 4.69) is 10.0 Å². The van der Waals surface area contributed by atoms with Gasteiger partial charge in [0.2, 0.25) is 10.0 Å². The molecule has 1 amide bonds. The summed E-state index contributed by atoms with van der Waals surface area (Å²) < 4.78 is 36.6. The smallest absolute Gasteiger partial charge is 0.251 e. The molecule has 1 saturated heterocycles. The summed E-state index contributed by atoms with van der Waals surface area (Å²) in [6, 6.07) is 4.29. The van der Waals surface area contributed by atoms with Crippen LogP contribution in [0.4, 0.5) is 0 Å². The molecule has 1 atom stereocenters. The number of rotatable bonds is 6. The SMILES string of the molecule is CNS(=O)(=O)c1cc(C(=O)NC[C@H]2CCCO2)ccc1OC. The molecule has 1 aliphatic heterocycles. The lowest BCUT2D eigenvalue weighted by atomic mass is 10.2. The van der Waals surface area contributed by atoms with Gasteiger partial charge in [-0.15, -0.1) is 0 Å². The molecule has 0 bridgehead atoms. The topological polar surface area (TPSA) is 93.7 Å². The minimum absolute atomic E-state index is 0.0303. The van der Waals surface area contributed by atoms with Gasteiger partial charge in [0.15, 0.2) is 0 Å². The molecule has 2 rings (SSSR count). The predicted molar refractivity (Wildman–Crippen MR) is 80.5 cm³/mol. The number of hydrogen-bond donors (Lipinski definition) is 2. The second-order valence-electron chi connectivity index (χ2n) is 4.92. The molecule has 1 aromatic rings. The number of benzene rings is 1. The maximum atomic E-state index is 12.1. The Morgan fingerprint density at radius 1 is 1.45 bits per heavy atom. The highest BCUT2D eigenvalue weighted by Gasteiger charge is 2.21. The van der Waals surface area contributed by atoms with Crippen molar-refractivity contribution >= 4 is 15.9 Å². The van der Waals surface area contributed by atoms with Gasteiger partial charge >= 0.3 is 0 Å². The number of nitrogens with one attached hydrogen (secondary N) is 2. The van der Waals surface area contributed by atoms with E-state index >= 15 is 0 Å². The quantitative estimate of drug-likeness (QED) is 0.794. The molecule has 1 aliphatic rings. The maximum Gasteiger partial charge on any atom is 0.251 e. The average Bonchev–Trinajstić information content (AvgIpc) is 3.05. The number of carbonyl (C=O) groups excluding carboxylic acids is 1. The molecule has 1 heterocycles. The monoisotopic (exact) mass is 328 g/mol. The number of methoxy groups -OCH3 is 1. The molecule has 2 N–H and O–H groups in total. The molecule has 1 fully saturated rings. The first-order chi connectivity index (χ1) is 10.5. The normalized spacial score (nSPS) is 18.2. The predicted octanol–water partition coefficient (Wildman–Crippen LogP) is 0.512. The molecule has 0 spiro atoms. The zero-order chi connectivity index (χ0) is 16.2. The van der Waals surface area contributed by atoms with Crippen molar-refractivity contribution in [2.24, 2.45) is 0 Å². The summed E-state index contributed by atoms with van der Waals surface area (Å²) in [5, 5.41) is 2.76. The Hall–Kier alpha value is -1.64. The zero-order valence-electron chi connectivity index (χ0n) is 12.6. The van der Waals surface area contributed by atoms with E-state index in [1.54, 1.807) is 0 Å². The van der Waals surface area contributed by atoms with Gasteiger partial charge in [0.05, 0.1) is 13.2 Å². The van der Waals surface area contributed by atoms with Crippen LogP contribution in [0.3, 0.4) is 0 Å². The molecule has 0 aromatic heterocycles. The van der Waals surface area contributed by atoms with Crippen LogP contribution in [-0.2, 0) is 14.8 Å². The standard InChI is InChI=1S/C14H20N2O5S/c1-15-22(18,19)13-8-10(5-6-12(13)20-2)14(17)16-9-11-4-3-7-21-11/h5-6,8,11,15H,3-4,7,9H2,1-2H3,(H,16,17)/t11-/m1/s1. The second kappa shape index (κ2) is 7.08. The van der Waals surface area contributed by atoms with Crippen molar-refractivity contribution in [3.05, 3.63) is 23.8 Å². The summed E-state index contributed by atoms with van der Waals surface area (Å²) in [5.41, 5.74) is 0.257. The van der Waals surface area contributed by atoms with E-state index in [0.29, 0.717) is 13.2 Å². The Kier molecular flexibility index (Phi) is 5.38. The highest BCUT2D eigenvalue weighted by Crippen LogP contribution is 2.24. The van der Waals surface area contributed by atoms with Crippen LogP contribution < -0.4 is 14.8 Å². The zero-order valence-corrected chi connectivity index (χ0v) is 13.4. The van der Waals surface area contributed by atoms with E-state index in [1.165, 1.54) is 32.4 Å². The van der Waals surface area contributed by atoms with Gasteiger partial charge < -0.3 is 14.8 Å². The van der Waals surface area contributed by atoms with E-state index in [9.17, 15) is 13.2 Å². The van der Waals surface area contributed by atoms with Crippen LogP contribution in [0, 0.1) is 0 Å². The first-order valence-electron chi connectivity index (χ1n) is 6.99. The molecule has 7 nitrogen and oxygen atoms in total. The lowest BCUT2D eigenvalue weighted by Crippen LogP contribution is -2.32. The van der Waals surface area contributed by atoms with Gasteiger partial charge in [0.1, 0.15) is 10.6 Å². The highest BCUT2D eigenvalue weighted by molar-refractivity contribution is 7.89. The van der Waals surface area contributed by atoms with Gasteiger partial charge in [0, 0.05) is 18.7 Å². The van der Waals surface area contributed by atoms with Gasteiger partial charge in [-0.3, -0.25) is 4.79 Å². The summed E-state index contributed by atoms with van der Waals surface area (Å²) in [6.45, 7) is 1.13. The number of carbonyl (C=O) groups is 1. The molecule has 0 saturated carbocycles.